The molecule has 0 aliphatic rings. The van der Waals surface area contributed by atoms with E-state index in [0.29, 0.717) is 12.3 Å². The zero-order chi connectivity index (χ0) is 11.7. The van der Waals surface area contributed by atoms with E-state index in [-0.39, 0.29) is 5.60 Å². The van der Waals surface area contributed by atoms with Crippen molar-refractivity contribution in [2.75, 3.05) is 6.61 Å². The van der Waals surface area contributed by atoms with Crippen LogP contribution < -0.4 is 0 Å². The number of aldehydes is 1. The molecular weight excluding hydrogens is 188 g/mol. The molecule has 0 aromatic heterocycles. The normalized spacial score (nSPS) is 17.1. The summed E-state index contributed by atoms with van der Waals surface area (Å²) in [5, 5.41) is 0. The van der Waals surface area contributed by atoms with Crippen molar-refractivity contribution in [1.29, 1.82) is 0 Å². The molecule has 0 bridgehead atoms. The molecule has 0 aromatic rings. The van der Waals surface area contributed by atoms with Crippen molar-refractivity contribution < 1.29 is 9.53 Å². The summed E-state index contributed by atoms with van der Waals surface area (Å²) in [6, 6.07) is 0. The number of hydrogen-bond acceptors (Lipinski definition) is 2. The van der Waals surface area contributed by atoms with Crippen molar-refractivity contribution >= 4 is 6.29 Å². The molecule has 0 rings (SSSR count). The van der Waals surface area contributed by atoms with Crippen molar-refractivity contribution in [3.05, 3.63) is 0 Å². The maximum atomic E-state index is 10.3. The first-order valence-corrected chi connectivity index (χ1v) is 6.15. The molecule has 0 N–H and O–H groups in total. The van der Waals surface area contributed by atoms with Crippen molar-refractivity contribution in [2.24, 2.45) is 5.92 Å². The average Bonchev–Trinajstić information content (AvgIpc) is 2.18. The van der Waals surface area contributed by atoms with E-state index in [4.69, 9.17) is 4.74 Å². The lowest BCUT2D eigenvalue weighted by atomic mass is 9.92. The summed E-state index contributed by atoms with van der Waals surface area (Å²) in [6.07, 6.45) is 6.15. The van der Waals surface area contributed by atoms with Gasteiger partial charge in [0.25, 0.3) is 0 Å². The van der Waals surface area contributed by atoms with Crippen LogP contribution in [-0.2, 0) is 9.53 Å². The highest BCUT2D eigenvalue weighted by atomic mass is 16.5. The van der Waals surface area contributed by atoms with Gasteiger partial charge in [0.15, 0.2) is 0 Å². The summed E-state index contributed by atoms with van der Waals surface area (Å²) in [4.78, 5) is 10.3. The Morgan fingerprint density at radius 2 is 2.07 bits per heavy atom. The molecule has 0 amide bonds. The Bertz CT molecular complexity index is 168. The molecule has 90 valence electrons. The zero-order valence-corrected chi connectivity index (χ0v) is 10.7. The van der Waals surface area contributed by atoms with Gasteiger partial charge in [0.2, 0.25) is 0 Å². The van der Waals surface area contributed by atoms with Crippen LogP contribution in [0, 0.1) is 5.92 Å². The largest absolute Gasteiger partial charge is 0.376 e. The first-order valence-electron chi connectivity index (χ1n) is 6.15. The summed E-state index contributed by atoms with van der Waals surface area (Å²) in [5.74, 6) is 0.519. The Hall–Kier alpha value is -0.370. The molecule has 2 atom stereocenters. The Kier molecular flexibility index (Phi) is 7.67. The Balaban J connectivity index is 3.75. The first kappa shape index (κ1) is 14.6. The molecule has 0 saturated heterocycles. The molecule has 0 aliphatic heterocycles. The molecule has 2 heteroatoms. The summed E-state index contributed by atoms with van der Waals surface area (Å²) in [5.41, 5.74) is 0.0374. The van der Waals surface area contributed by atoms with Crippen molar-refractivity contribution in [3.8, 4) is 0 Å². The van der Waals surface area contributed by atoms with Gasteiger partial charge in [0.05, 0.1) is 5.60 Å². The fourth-order valence-electron chi connectivity index (χ4n) is 1.81. The predicted molar refractivity (Wildman–Crippen MR) is 64.0 cm³/mol. The molecule has 0 spiro atoms. The quantitative estimate of drug-likeness (QED) is 0.548. The van der Waals surface area contributed by atoms with Crippen LogP contribution in [0.3, 0.4) is 0 Å². The third-order valence-corrected chi connectivity index (χ3v) is 3.14. The van der Waals surface area contributed by atoms with Gasteiger partial charge in [-0.25, -0.2) is 0 Å². The summed E-state index contributed by atoms with van der Waals surface area (Å²) < 4.78 is 5.75. The molecular formula is C13H26O2. The number of hydrogen-bond donors (Lipinski definition) is 0. The van der Waals surface area contributed by atoms with Gasteiger partial charge >= 0.3 is 0 Å². The number of carbonyl (C=O) groups is 1. The molecule has 0 heterocycles. The Morgan fingerprint density at radius 3 is 2.53 bits per heavy atom. The van der Waals surface area contributed by atoms with Crippen LogP contribution in [0.2, 0.25) is 0 Å². The standard InChI is InChI=1S/C13H26O2/c1-5-13(4,15-6-2)10-7-8-12(3)9-11-14/h11-12H,5-10H2,1-4H3. The van der Waals surface area contributed by atoms with Crippen LogP contribution in [0.25, 0.3) is 0 Å². The van der Waals surface area contributed by atoms with E-state index < -0.39 is 0 Å². The van der Waals surface area contributed by atoms with E-state index >= 15 is 0 Å². The summed E-state index contributed by atoms with van der Waals surface area (Å²) in [7, 11) is 0. The monoisotopic (exact) mass is 214 g/mol. The maximum Gasteiger partial charge on any atom is 0.120 e. The fraction of sp³-hybridized carbons (Fsp3) is 0.923. The highest BCUT2D eigenvalue weighted by Crippen LogP contribution is 2.24. The van der Waals surface area contributed by atoms with E-state index in [2.05, 4.69) is 20.8 Å². The Labute approximate surface area is 94.4 Å². The van der Waals surface area contributed by atoms with Crippen molar-refractivity contribution in [2.45, 2.75) is 65.4 Å². The minimum absolute atomic E-state index is 0.0374. The van der Waals surface area contributed by atoms with Gasteiger partial charge in [-0.15, -0.1) is 0 Å². The van der Waals surface area contributed by atoms with Gasteiger partial charge in [0, 0.05) is 13.0 Å². The van der Waals surface area contributed by atoms with E-state index in [1.54, 1.807) is 0 Å². The topological polar surface area (TPSA) is 26.3 Å². The third-order valence-electron chi connectivity index (χ3n) is 3.14. The summed E-state index contributed by atoms with van der Waals surface area (Å²) >= 11 is 0. The van der Waals surface area contributed by atoms with Gasteiger partial charge in [-0.2, -0.15) is 0 Å². The Morgan fingerprint density at radius 1 is 1.40 bits per heavy atom. The first-order chi connectivity index (χ1) is 7.08. The molecule has 2 nitrogen and oxygen atoms in total. The van der Waals surface area contributed by atoms with Crippen LogP contribution in [0.1, 0.15) is 59.8 Å². The predicted octanol–water partition coefficient (Wildman–Crippen LogP) is 3.59. The van der Waals surface area contributed by atoms with Crippen LogP contribution >= 0.6 is 0 Å². The maximum absolute atomic E-state index is 10.3. The molecule has 2 unspecified atom stereocenters. The van der Waals surface area contributed by atoms with E-state index in [9.17, 15) is 4.79 Å². The van der Waals surface area contributed by atoms with E-state index in [0.717, 1.165) is 38.6 Å². The zero-order valence-electron chi connectivity index (χ0n) is 10.7. The number of ether oxygens (including phenoxy) is 1. The highest BCUT2D eigenvalue weighted by molar-refractivity contribution is 5.49. The molecule has 0 fully saturated rings. The van der Waals surface area contributed by atoms with Crippen LogP contribution in [-0.4, -0.2) is 18.5 Å². The highest BCUT2D eigenvalue weighted by Gasteiger charge is 2.21. The van der Waals surface area contributed by atoms with Gasteiger partial charge in [-0.1, -0.05) is 26.7 Å². The average molecular weight is 214 g/mol. The molecule has 15 heavy (non-hydrogen) atoms. The summed E-state index contributed by atoms with van der Waals surface area (Å²) in [6.45, 7) is 9.32. The van der Waals surface area contributed by atoms with Crippen LogP contribution in [0.5, 0.6) is 0 Å². The lowest BCUT2D eigenvalue weighted by Gasteiger charge is -2.28. The van der Waals surface area contributed by atoms with Gasteiger partial charge in [-0.05, 0) is 32.6 Å². The molecule has 0 aliphatic carbocycles. The second-order valence-corrected chi connectivity index (χ2v) is 4.64. The fourth-order valence-corrected chi connectivity index (χ4v) is 1.81. The lowest BCUT2D eigenvalue weighted by Crippen LogP contribution is -2.27. The number of carbonyl (C=O) groups excluding carboxylic acids is 1. The minimum atomic E-state index is 0.0374. The van der Waals surface area contributed by atoms with E-state index in [1.165, 1.54) is 0 Å². The third kappa shape index (κ3) is 6.67. The smallest absolute Gasteiger partial charge is 0.120 e. The second kappa shape index (κ2) is 7.86. The van der Waals surface area contributed by atoms with Crippen molar-refractivity contribution in [3.63, 3.8) is 0 Å². The molecule has 0 aromatic carbocycles. The van der Waals surface area contributed by atoms with Crippen molar-refractivity contribution in [1.82, 2.24) is 0 Å². The second-order valence-electron chi connectivity index (χ2n) is 4.64. The SMILES string of the molecule is CCOC(C)(CC)CCCC(C)CC=O. The lowest BCUT2D eigenvalue weighted by molar-refractivity contribution is -0.108. The van der Waals surface area contributed by atoms with Gasteiger partial charge in [-0.3, -0.25) is 0 Å². The van der Waals surface area contributed by atoms with Crippen LogP contribution in [0.4, 0.5) is 0 Å². The van der Waals surface area contributed by atoms with Gasteiger partial charge in [0.1, 0.15) is 6.29 Å². The minimum Gasteiger partial charge on any atom is -0.376 e. The van der Waals surface area contributed by atoms with E-state index in [1.807, 2.05) is 6.92 Å². The van der Waals surface area contributed by atoms with Gasteiger partial charge < -0.3 is 9.53 Å². The molecule has 0 saturated carbocycles. The molecule has 0 radical (unpaired) electrons. The number of rotatable bonds is 9. The van der Waals surface area contributed by atoms with Crippen LogP contribution in [0.15, 0.2) is 0 Å².